The molecular weight excluding hydrogens is 571 g/mol. The second kappa shape index (κ2) is 11.6. The number of ether oxygens (including phenoxy) is 1. The van der Waals surface area contributed by atoms with E-state index in [1.54, 1.807) is 55.8 Å². The zero-order valence-corrected chi connectivity index (χ0v) is 24.0. The van der Waals surface area contributed by atoms with E-state index in [1.165, 1.54) is 15.7 Å². The second-order valence-corrected chi connectivity index (χ2v) is 12.0. The maximum Gasteiger partial charge on any atom is 0.268 e. The number of para-hydroxylation sites is 2. The minimum Gasteiger partial charge on any atom is -0.497 e. The smallest absolute Gasteiger partial charge is 0.268 e. The number of carbonyl (C=O) groups excluding carboxylic acids is 1. The summed E-state index contributed by atoms with van der Waals surface area (Å²) < 4.78 is 36.0. The van der Waals surface area contributed by atoms with Crippen LogP contribution in [-0.2, 0) is 14.8 Å². The third-order valence-electron chi connectivity index (χ3n) is 6.55. The van der Waals surface area contributed by atoms with Gasteiger partial charge in [-0.15, -0.1) is 10.2 Å². The van der Waals surface area contributed by atoms with Crippen LogP contribution in [0.4, 0.5) is 5.69 Å². The molecule has 0 radical (unpaired) electrons. The van der Waals surface area contributed by atoms with Gasteiger partial charge in [-0.1, -0.05) is 72.4 Å². The van der Waals surface area contributed by atoms with E-state index in [0.29, 0.717) is 44.6 Å². The highest BCUT2D eigenvalue weighted by atomic mass is 32.2. The Labute approximate surface area is 246 Å². The fourth-order valence-electron chi connectivity index (χ4n) is 4.60. The molecule has 11 heteroatoms. The highest BCUT2D eigenvalue weighted by molar-refractivity contribution is 7.99. The van der Waals surface area contributed by atoms with Crippen molar-refractivity contribution in [3.05, 3.63) is 115 Å². The van der Waals surface area contributed by atoms with Crippen LogP contribution in [0, 0.1) is 0 Å². The fraction of sp³-hybridized carbons (Fsp3) is 0.0645. The van der Waals surface area contributed by atoms with Crippen molar-refractivity contribution in [2.75, 3.05) is 18.2 Å². The number of hydrogen-bond acceptors (Lipinski definition) is 7. The largest absolute Gasteiger partial charge is 0.497 e. The van der Waals surface area contributed by atoms with E-state index in [1.807, 2.05) is 71.3 Å². The molecule has 0 aliphatic heterocycles. The van der Waals surface area contributed by atoms with E-state index in [0.717, 1.165) is 0 Å². The summed E-state index contributed by atoms with van der Waals surface area (Å²) in [5.41, 5.74) is 2.47. The molecule has 4 aromatic carbocycles. The lowest BCUT2D eigenvalue weighted by Crippen LogP contribution is -2.14. The summed E-state index contributed by atoms with van der Waals surface area (Å²) in [5.74, 6) is 0.936. The molecule has 0 atom stereocenters. The summed E-state index contributed by atoms with van der Waals surface area (Å²) in [6, 6.07) is 32.1. The number of fused-ring (bicyclic) bond motifs is 1. The van der Waals surface area contributed by atoms with E-state index in [4.69, 9.17) is 4.74 Å². The molecule has 42 heavy (non-hydrogen) atoms. The summed E-state index contributed by atoms with van der Waals surface area (Å²) in [4.78, 5) is 12.9. The van der Waals surface area contributed by atoms with Gasteiger partial charge in [0, 0.05) is 28.9 Å². The van der Waals surface area contributed by atoms with Crippen LogP contribution < -0.4 is 10.1 Å². The van der Waals surface area contributed by atoms with Gasteiger partial charge in [0.2, 0.25) is 5.91 Å². The molecule has 210 valence electrons. The SMILES string of the molecule is COc1cccc(-n2c(SCC(=O)Nc3ccccc3)nnc2-c2cn(S(=O)(=O)c3ccccc3)c3ccccc23)c1. The van der Waals surface area contributed by atoms with E-state index >= 15 is 0 Å². The third kappa shape index (κ3) is 5.27. The van der Waals surface area contributed by atoms with Gasteiger partial charge in [-0.05, 0) is 42.5 Å². The van der Waals surface area contributed by atoms with Gasteiger partial charge in [-0.25, -0.2) is 12.4 Å². The Balaban J connectivity index is 1.46. The first-order valence-corrected chi connectivity index (χ1v) is 15.4. The van der Waals surface area contributed by atoms with Gasteiger partial charge in [0.15, 0.2) is 11.0 Å². The molecule has 0 saturated carbocycles. The van der Waals surface area contributed by atoms with Crippen molar-refractivity contribution >= 4 is 44.3 Å². The number of benzene rings is 4. The summed E-state index contributed by atoms with van der Waals surface area (Å²) in [5, 5.41) is 13.0. The highest BCUT2D eigenvalue weighted by Gasteiger charge is 2.25. The van der Waals surface area contributed by atoms with Crippen LogP contribution in [0.3, 0.4) is 0 Å². The topological polar surface area (TPSA) is 108 Å². The van der Waals surface area contributed by atoms with Crippen LogP contribution in [0.25, 0.3) is 28.0 Å². The van der Waals surface area contributed by atoms with Crippen molar-refractivity contribution in [1.29, 1.82) is 0 Å². The van der Waals surface area contributed by atoms with Gasteiger partial charge in [-0.2, -0.15) is 0 Å². The number of hydrogen-bond donors (Lipinski definition) is 1. The monoisotopic (exact) mass is 595 g/mol. The van der Waals surface area contributed by atoms with Gasteiger partial charge in [0.05, 0.1) is 29.0 Å². The van der Waals surface area contributed by atoms with Gasteiger partial charge in [0.25, 0.3) is 10.0 Å². The Kier molecular flexibility index (Phi) is 7.51. The summed E-state index contributed by atoms with van der Waals surface area (Å²) >= 11 is 1.22. The Bertz CT molecular complexity index is 1990. The van der Waals surface area contributed by atoms with E-state index in [9.17, 15) is 13.2 Å². The predicted octanol–water partition coefficient (Wildman–Crippen LogP) is 5.87. The number of carbonyl (C=O) groups is 1. The van der Waals surface area contributed by atoms with Crippen LogP contribution in [0.2, 0.25) is 0 Å². The summed E-state index contributed by atoms with van der Waals surface area (Å²) in [6.45, 7) is 0. The molecule has 0 aliphatic rings. The molecule has 0 unspecified atom stereocenters. The van der Waals surface area contributed by atoms with E-state index < -0.39 is 10.0 Å². The highest BCUT2D eigenvalue weighted by Crippen LogP contribution is 2.36. The lowest BCUT2D eigenvalue weighted by Gasteiger charge is -2.11. The Morgan fingerprint density at radius 1 is 0.881 bits per heavy atom. The van der Waals surface area contributed by atoms with Crippen molar-refractivity contribution < 1.29 is 17.9 Å². The second-order valence-electron chi connectivity index (χ2n) is 9.22. The van der Waals surface area contributed by atoms with Crippen LogP contribution >= 0.6 is 11.8 Å². The maximum atomic E-state index is 13.7. The molecule has 2 aromatic heterocycles. The van der Waals surface area contributed by atoms with E-state index in [2.05, 4.69) is 15.5 Å². The Morgan fingerprint density at radius 2 is 1.60 bits per heavy atom. The number of amides is 1. The van der Waals surface area contributed by atoms with Gasteiger partial charge in [-0.3, -0.25) is 9.36 Å². The molecule has 9 nitrogen and oxygen atoms in total. The quantitative estimate of drug-likeness (QED) is 0.209. The van der Waals surface area contributed by atoms with Crippen LogP contribution in [0.15, 0.2) is 125 Å². The summed E-state index contributed by atoms with van der Waals surface area (Å²) in [6.07, 6.45) is 1.57. The Hall–Kier alpha value is -4.87. The molecule has 0 bridgehead atoms. The summed E-state index contributed by atoms with van der Waals surface area (Å²) in [7, 11) is -2.32. The van der Waals surface area contributed by atoms with Crippen LogP contribution in [0.5, 0.6) is 5.75 Å². The van der Waals surface area contributed by atoms with Crippen molar-refractivity contribution in [3.8, 4) is 22.8 Å². The first kappa shape index (κ1) is 27.3. The lowest BCUT2D eigenvalue weighted by atomic mass is 10.1. The maximum absolute atomic E-state index is 13.7. The van der Waals surface area contributed by atoms with Crippen molar-refractivity contribution in [1.82, 2.24) is 18.7 Å². The molecular formula is C31H25N5O4S2. The van der Waals surface area contributed by atoms with E-state index in [-0.39, 0.29) is 16.6 Å². The average Bonchev–Trinajstić information content (AvgIpc) is 3.63. The first-order chi connectivity index (χ1) is 20.5. The molecule has 0 fully saturated rings. The normalized spacial score (nSPS) is 11.5. The lowest BCUT2D eigenvalue weighted by molar-refractivity contribution is -0.113. The third-order valence-corrected chi connectivity index (χ3v) is 9.17. The average molecular weight is 596 g/mol. The molecule has 6 aromatic rings. The predicted molar refractivity (Wildman–Crippen MR) is 164 cm³/mol. The molecule has 0 saturated heterocycles. The van der Waals surface area contributed by atoms with Gasteiger partial charge in [0.1, 0.15) is 5.75 Å². The molecule has 6 rings (SSSR count). The van der Waals surface area contributed by atoms with Gasteiger partial charge >= 0.3 is 0 Å². The standard InChI is InChI=1S/C31H25N5O4S2/c1-40-24-14-10-13-23(19-24)36-30(33-34-31(36)41-21-29(37)32-22-11-4-2-5-12-22)27-20-35(28-18-9-8-17-26(27)28)42(38,39)25-15-6-3-7-16-25/h2-20H,21H2,1H3,(H,32,37). The number of rotatable bonds is 9. The van der Waals surface area contributed by atoms with Crippen molar-refractivity contribution in [2.24, 2.45) is 0 Å². The molecule has 1 amide bonds. The Morgan fingerprint density at radius 3 is 2.36 bits per heavy atom. The first-order valence-electron chi connectivity index (χ1n) is 12.9. The number of aromatic nitrogens is 4. The number of nitrogens with zero attached hydrogens (tertiary/aromatic N) is 4. The minimum absolute atomic E-state index is 0.0845. The molecule has 2 heterocycles. The molecule has 0 aliphatic carbocycles. The molecule has 1 N–H and O–H groups in total. The number of methoxy groups -OCH3 is 1. The van der Waals surface area contributed by atoms with Crippen molar-refractivity contribution in [2.45, 2.75) is 10.1 Å². The van der Waals surface area contributed by atoms with Crippen LogP contribution in [-0.4, -0.2) is 45.9 Å². The molecule has 0 spiro atoms. The number of thioether (sulfide) groups is 1. The minimum atomic E-state index is -3.90. The van der Waals surface area contributed by atoms with Gasteiger partial charge < -0.3 is 10.1 Å². The van der Waals surface area contributed by atoms with Crippen molar-refractivity contribution in [3.63, 3.8) is 0 Å². The zero-order valence-electron chi connectivity index (χ0n) is 22.4. The fourth-order valence-corrected chi connectivity index (χ4v) is 6.74. The zero-order chi connectivity index (χ0) is 29.1. The number of anilines is 1. The number of nitrogens with one attached hydrogen (secondary N) is 1. The van der Waals surface area contributed by atoms with Crippen LogP contribution in [0.1, 0.15) is 0 Å².